The minimum Gasteiger partial charge on any atom is -0.506 e. The number of hydrogen-bond donors (Lipinski definition) is 2. The molecule has 0 fully saturated rings. The van der Waals surface area contributed by atoms with Crippen molar-refractivity contribution in [2.75, 3.05) is 5.32 Å². The molecule has 0 aliphatic rings. The maximum absolute atomic E-state index is 12.0. The Morgan fingerprint density at radius 2 is 1.90 bits per heavy atom. The number of rotatable bonds is 2. The van der Waals surface area contributed by atoms with E-state index in [4.69, 9.17) is 28.5 Å². The fourth-order valence-corrected chi connectivity index (χ4v) is 1.94. The number of phenolic OH excluding ortho intramolecular Hbond substituents is 1. The predicted octanol–water partition coefficient (Wildman–Crippen LogP) is 3.82. The second-order valence-corrected chi connectivity index (χ2v) is 4.74. The Morgan fingerprint density at radius 1 is 1.15 bits per heavy atom. The molecule has 0 heterocycles. The molecule has 20 heavy (non-hydrogen) atoms. The molecule has 0 saturated heterocycles. The molecule has 2 rings (SSSR count). The van der Waals surface area contributed by atoms with E-state index in [-0.39, 0.29) is 21.4 Å². The van der Waals surface area contributed by atoms with E-state index in [0.29, 0.717) is 11.3 Å². The molecule has 0 aromatic heterocycles. The van der Waals surface area contributed by atoms with Crippen molar-refractivity contribution in [2.24, 2.45) is 0 Å². The molecular formula is C14H8Cl2N2O2. The van der Waals surface area contributed by atoms with Crippen LogP contribution in [0.4, 0.5) is 5.69 Å². The quantitative estimate of drug-likeness (QED) is 0.885. The number of aromatic hydroxyl groups is 1. The van der Waals surface area contributed by atoms with Gasteiger partial charge in [0, 0.05) is 5.56 Å². The van der Waals surface area contributed by atoms with Gasteiger partial charge in [0.15, 0.2) is 0 Å². The molecule has 2 aromatic rings. The molecular weight excluding hydrogens is 299 g/mol. The highest BCUT2D eigenvalue weighted by molar-refractivity contribution is 6.34. The molecule has 0 aliphatic heterocycles. The summed E-state index contributed by atoms with van der Waals surface area (Å²) in [6, 6.07) is 10.6. The van der Waals surface area contributed by atoms with Gasteiger partial charge in [-0.15, -0.1) is 0 Å². The molecule has 0 bridgehead atoms. The van der Waals surface area contributed by atoms with Crippen molar-refractivity contribution in [2.45, 2.75) is 0 Å². The lowest BCUT2D eigenvalue weighted by Crippen LogP contribution is -2.12. The summed E-state index contributed by atoms with van der Waals surface area (Å²) in [6.45, 7) is 0. The molecule has 0 unspecified atom stereocenters. The Balaban J connectivity index is 2.23. The van der Waals surface area contributed by atoms with Crippen LogP contribution in [0.25, 0.3) is 0 Å². The zero-order valence-electron chi connectivity index (χ0n) is 10.0. The summed E-state index contributed by atoms with van der Waals surface area (Å²) < 4.78 is 0. The zero-order valence-corrected chi connectivity index (χ0v) is 11.5. The van der Waals surface area contributed by atoms with Gasteiger partial charge in [0.2, 0.25) is 0 Å². The Morgan fingerprint density at radius 3 is 2.50 bits per heavy atom. The highest BCUT2D eigenvalue weighted by Gasteiger charge is 2.11. The van der Waals surface area contributed by atoms with Crippen LogP contribution in [-0.2, 0) is 0 Å². The Labute approximate surface area is 125 Å². The predicted molar refractivity (Wildman–Crippen MR) is 77.2 cm³/mol. The number of halogens is 2. The lowest BCUT2D eigenvalue weighted by Gasteiger charge is -2.08. The van der Waals surface area contributed by atoms with E-state index >= 15 is 0 Å². The lowest BCUT2D eigenvalue weighted by molar-refractivity contribution is 0.102. The first-order valence-corrected chi connectivity index (χ1v) is 6.26. The largest absolute Gasteiger partial charge is 0.506 e. The molecule has 0 radical (unpaired) electrons. The van der Waals surface area contributed by atoms with Gasteiger partial charge < -0.3 is 10.4 Å². The van der Waals surface area contributed by atoms with Gasteiger partial charge in [-0.05, 0) is 36.4 Å². The average Bonchev–Trinajstić information content (AvgIpc) is 2.43. The molecule has 6 heteroatoms. The smallest absolute Gasteiger partial charge is 0.255 e. The molecule has 100 valence electrons. The van der Waals surface area contributed by atoms with Crippen LogP contribution >= 0.6 is 23.2 Å². The minimum atomic E-state index is -0.418. The molecule has 0 saturated carbocycles. The monoisotopic (exact) mass is 306 g/mol. The molecule has 4 nitrogen and oxygen atoms in total. The number of benzene rings is 2. The van der Waals surface area contributed by atoms with E-state index in [2.05, 4.69) is 5.32 Å². The normalized spacial score (nSPS) is 9.85. The standard InChI is InChI=1S/C14H8Cl2N2O2/c15-10-5-8(7-17)1-3-12(10)18-14(20)9-2-4-13(19)11(16)6-9/h1-6,19H,(H,18,20). The highest BCUT2D eigenvalue weighted by atomic mass is 35.5. The summed E-state index contributed by atoms with van der Waals surface area (Å²) in [4.78, 5) is 12.0. The van der Waals surface area contributed by atoms with Crippen molar-refractivity contribution in [1.82, 2.24) is 0 Å². The molecule has 0 aliphatic carbocycles. The number of phenols is 1. The zero-order chi connectivity index (χ0) is 14.7. The Hall–Kier alpha value is -2.22. The van der Waals surface area contributed by atoms with E-state index < -0.39 is 5.91 Å². The van der Waals surface area contributed by atoms with Crippen LogP contribution in [0.1, 0.15) is 15.9 Å². The van der Waals surface area contributed by atoms with Crippen LogP contribution < -0.4 is 5.32 Å². The van der Waals surface area contributed by atoms with Crippen molar-refractivity contribution < 1.29 is 9.90 Å². The summed E-state index contributed by atoms with van der Waals surface area (Å²) in [6.07, 6.45) is 0. The van der Waals surface area contributed by atoms with E-state index in [9.17, 15) is 9.90 Å². The van der Waals surface area contributed by atoms with Gasteiger partial charge in [0.1, 0.15) is 5.75 Å². The summed E-state index contributed by atoms with van der Waals surface area (Å²) in [5.74, 6) is -0.516. The van der Waals surface area contributed by atoms with Gasteiger partial charge in [-0.1, -0.05) is 23.2 Å². The summed E-state index contributed by atoms with van der Waals surface area (Å²) in [5.41, 5.74) is 1.08. The number of nitrogens with zero attached hydrogens (tertiary/aromatic N) is 1. The van der Waals surface area contributed by atoms with Crippen LogP contribution in [0, 0.1) is 11.3 Å². The number of carbonyl (C=O) groups is 1. The first kappa shape index (κ1) is 14.2. The lowest BCUT2D eigenvalue weighted by atomic mass is 10.2. The number of carbonyl (C=O) groups excluding carboxylic acids is 1. The number of anilines is 1. The van der Waals surface area contributed by atoms with Crippen LogP contribution in [0.15, 0.2) is 36.4 Å². The molecule has 2 N–H and O–H groups in total. The van der Waals surface area contributed by atoms with Gasteiger partial charge in [-0.3, -0.25) is 4.79 Å². The van der Waals surface area contributed by atoms with Crippen molar-refractivity contribution in [1.29, 1.82) is 5.26 Å². The molecule has 2 aromatic carbocycles. The van der Waals surface area contributed by atoms with Crippen molar-refractivity contribution >= 4 is 34.8 Å². The molecule has 1 amide bonds. The fraction of sp³-hybridized carbons (Fsp3) is 0. The SMILES string of the molecule is N#Cc1ccc(NC(=O)c2ccc(O)c(Cl)c2)c(Cl)c1. The van der Waals surface area contributed by atoms with E-state index in [0.717, 1.165) is 0 Å². The second-order valence-electron chi connectivity index (χ2n) is 3.93. The van der Waals surface area contributed by atoms with Gasteiger partial charge in [-0.25, -0.2) is 0 Å². The minimum absolute atomic E-state index is 0.0866. The Kier molecular flexibility index (Phi) is 4.14. The van der Waals surface area contributed by atoms with Gasteiger partial charge in [0.05, 0.1) is 27.4 Å². The Bertz CT molecular complexity index is 724. The van der Waals surface area contributed by atoms with Crippen molar-refractivity contribution in [3.8, 4) is 11.8 Å². The van der Waals surface area contributed by atoms with Gasteiger partial charge >= 0.3 is 0 Å². The fourth-order valence-electron chi connectivity index (χ4n) is 1.53. The molecule has 0 atom stereocenters. The topological polar surface area (TPSA) is 73.1 Å². The number of hydrogen-bond acceptors (Lipinski definition) is 3. The van der Waals surface area contributed by atoms with Gasteiger partial charge in [0.25, 0.3) is 5.91 Å². The molecule has 0 spiro atoms. The average molecular weight is 307 g/mol. The maximum Gasteiger partial charge on any atom is 0.255 e. The van der Waals surface area contributed by atoms with E-state index in [1.54, 1.807) is 12.1 Å². The summed E-state index contributed by atoms with van der Waals surface area (Å²) in [5, 5.41) is 21.0. The summed E-state index contributed by atoms with van der Waals surface area (Å²) >= 11 is 11.7. The van der Waals surface area contributed by atoms with Crippen molar-refractivity contribution in [3.05, 3.63) is 57.6 Å². The first-order valence-electron chi connectivity index (χ1n) is 5.51. The van der Waals surface area contributed by atoms with Crippen LogP contribution in [0.3, 0.4) is 0 Å². The first-order chi connectivity index (χ1) is 9.51. The van der Waals surface area contributed by atoms with Crippen molar-refractivity contribution in [3.63, 3.8) is 0 Å². The third-order valence-electron chi connectivity index (χ3n) is 2.56. The van der Waals surface area contributed by atoms with E-state index in [1.165, 1.54) is 24.3 Å². The third-order valence-corrected chi connectivity index (χ3v) is 3.17. The number of amides is 1. The summed E-state index contributed by atoms with van der Waals surface area (Å²) in [7, 11) is 0. The van der Waals surface area contributed by atoms with Crippen LogP contribution in [-0.4, -0.2) is 11.0 Å². The number of nitriles is 1. The highest BCUT2D eigenvalue weighted by Crippen LogP contribution is 2.26. The van der Waals surface area contributed by atoms with E-state index in [1.807, 2.05) is 6.07 Å². The maximum atomic E-state index is 12.0. The van der Waals surface area contributed by atoms with Crippen LogP contribution in [0.5, 0.6) is 5.75 Å². The van der Waals surface area contributed by atoms with Crippen LogP contribution in [0.2, 0.25) is 10.0 Å². The second kappa shape index (κ2) is 5.83. The number of nitrogens with one attached hydrogen (secondary N) is 1. The third kappa shape index (κ3) is 3.02. The van der Waals surface area contributed by atoms with Gasteiger partial charge in [-0.2, -0.15) is 5.26 Å².